The Morgan fingerprint density at radius 1 is 1.46 bits per heavy atom. The average molecular weight is 182 g/mol. The van der Waals surface area contributed by atoms with Crippen molar-refractivity contribution in [2.24, 2.45) is 0 Å². The van der Waals surface area contributed by atoms with Crippen molar-refractivity contribution in [3.63, 3.8) is 0 Å². The van der Waals surface area contributed by atoms with Crippen LogP contribution in [0.15, 0.2) is 12.4 Å². The Balaban J connectivity index is 2.15. The second-order valence-corrected chi connectivity index (χ2v) is 3.34. The molecular formula is C10H18N2O. The Hall–Kier alpha value is -0.830. The van der Waals surface area contributed by atoms with Gasteiger partial charge in [-0.1, -0.05) is 32.6 Å². The lowest BCUT2D eigenvalue weighted by atomic mass is 10.1. The molecule has 0 radical (unpaired) electrons. The van der Waals surface area contributed by atoms with E-state index in [1.54, 1.807) is 12.4 Å². The lowest BCUT2D eigenvalue weighted by molar-refractivity contribution is 0.154. The highest BCUT2D eigenvalue weighted by Gasteiger charge is 2.08. The molecule has 3 nitrogen and oxygen atoms in total. The number of unbranched alkanes of at least 4 members (excludes halogenated alkanes) is 3. The molecule has 0 bridgehead atoms. The van der Waals surface area contributed by atoms with Gasteiger partial charge in [0.05, 0.1) is 0 Å². The first-order valence-electron chi connectivity index (χ1n) is 5.02. The van der Waals surface area contributed by atoms with Crippen molar-refractivity contribution in [3.8, 4) is 0 Å². The summed E-state index contributed by atoms with van der Waals surface area (Å²) >= 11 is 0. The van der Waals surface area contributed by atoms with Crippen LogP contribution in [0.2, 0.25) is 0 Å². The van der Waals surface area contributed by atoms with E-state index in [1.807, 2.05) is 0 Å². The van der Waals surface area contributed by atoms with Gasteiger partial charge in [-0.25, -0.2) is 4.98 Å². The monoisotopic (exact) mass is 182 g/mol. The number of aromatic nitrogens is 2. The van der Waals surface area contributed by atoms with Crippen LogP contribution in [0, 0.1) is 0 Å². The van der Waals surface area contributed by atoms with Crippen molar-refractivity contribution >= 4 is 0 Å². The second kappa shape index (κ2) is 5.75. The van der Waals surface area contributed by atoms with E-state index in [1.165, 1.54) is 19.3 Å². The number of aromatic amines is 1. The third kappa shape index (κ3) is 3.59. The molecule has 0 aliphatic rings. The molecule has 3 heteroatoms. The third-order valence-corrected chi connectivity index (χ3v) is 2.17. The maximum atomic E-state index is 9.61. The summed E-state index contributed by atoms with van der Waals surface area (Å²) in [7, 11) is 0. The molecule has 74 valence electrons. The molecule has 0 fully saturated rings. The maximum absolute atomic E-state index is 9.61. The fourth-order valence-corrected chi connectivity index (χ4v) is 1.36. The topological polar surface area (TPSA) is 48.9 Å². The van der Waals surface area contributed by atoms with Gasteiger partial charge in [0.25, 0.3) is 0 Å². The minimum absolute atomic E-state index is 0.410. The minimum atomic E-state index is -0.410. The predicted molar refractivity (Wildman–Crippen MR) is 52.3 cm³/mol. The van der Waals surface area contributed by atoms with Crippen molar-refractivity contribution in [2.75, 3.05) is 0 Å². The van der Waals surface area contributed by atoms with Crippen molar-refractivity contribution < 1.29 is 5.11 Å². The second-order valence-electron chi connectivity index (χ2n) is 3.34. The van der Waals surface area contributed by atoms with Gasteiger partial charge in [-0.3, -0.25) is 0 Å². The average Bonchev–Trinajstić information content (AvgIpc) is 2.65. The highest BCUT2D eigenvalue weighted by Crippen LogP contribution is 2.15. The number of hydrogen-bond donors (Lipinski definition) is 2. The Labute approximate surface area is 79.2 Å². The van der Waals surface area contributed by atoms with E-state index in [0.29, 0.717) is 5.82 Å². The molecule has 0 aliphatic heterocycles. The lowest BCUT2D eigenvalue weighted by Gasteiger charge is -2.06. The predicted octanol–water partition coefficient (Wildman–Crippen LogP) is 2.41. The zero-order valence-corrected chi connectivity index (χ0v) is 8.16. The number of aliphatic hydroxyl groups excluding tert-OH is 1. The molecule has 0 aromatic carbocycles. The number of nitrogens with one attached hydrogen (secondary N) is 1. The SMILES string of the molecule is CCCCCCC(O)c1ncc[nH]1. The summed E-state index contributed by atoms with van der Waals surface area (Å²) in [6.07, 6.45) is 8.58. The minimum Gasteiger partial charge on any atom is -0.385 e. The van der Waals surface area contributed by atoms with Crippen LogP contribution in [0.1, 0.15) is 51.0 Å². The summed E-state index contributed by atoms with van der Waals surface area (Å²) in [5.74, 6) is 0.691. The third-order valence-electron chi connectivity index (χ3n) is 2.17. The molecule has 0 saturated heterocycles. The van der Waals surface area contributed by atoms with E-state index in [4.69, 9.17) is 0 Å². The first-order valence-corrected chi connectivity index (χ1v) is 5.02. The van der Waals surface area contributed by atoms with Crippen molar-refractivity contribution in [1.82, 2.24) is 9.97 Å². The van der Waals surface area contributed by atoms with E-state index < -0.39 is 6.10 Å². The summed E-state index contributed by atoms with van der Waals surface area (Å²) in [6, 6.07) is 0. The summed E-state index contributed by atoms with van der Waals surface area (Å²) in [5.41, 5.74) is 0. The molecule has 0 aliphatic carbocycles. The smallest absolute Gasteiger partial charge is 0.134 e. The molecule has 0 spiro atoms. The Kier molecular flexibility index (Phi) is 4.54. The molecule has 1 atom stereocenters. The van der Waals surface area contributed by atoms with E-state index in [2.05, 4.69) is 16.9 Å². The Bertz CT molecular complexity index is 209. The highest BCUT2D eigenvalue weighted by molar-refractivity contribution is 4.91. The van der Waals surface area contributed by atoms with Gasteiger partial charge in [0.2, 0.25) is 0 Å². The van der Waals surface area contributed by atoms with Gasteiger partial charge in [-0.05, 0) is 6.42 Å². The number of hydrogen-bond acceptors (Lipinski definition) is 2. The van der Waals surface area contributed by atoms with Gasteiger partial charge in [-0.15, -0.1) is 0 Å². The van der Waals surface area contributed by atoms with Crippen LogP contribution in [-0.4, -0.2) is 15.1 Å². The Morgan fingerprint density at radius 3 is 2.92 bits per heavy atom. The van der Waals surface area contributed by atoms with Gasteiger partial charge in [0, 0.05) is 12.4 Å². The van der Waals surface area contributed by atoms with Crippen molar-refractivity contribution in [3.05, 3.63) is 18.2 Å². The molecule has 1 rings (SSSR count). The molecule has 0 amide bonds. The van der Waals surface area contributed by atoms with Crippen LogP contribution in [0.4, 0.5) is 0 Å². The number of aliphatic hydroxyl groups is 1. The van der Waals surface area contributed by atoms with Crippen LogP contribution < -0.4 is 0 Å². The zero-order chi connectivity index (χ0) is 9.52. The van der Waals surface area contributed by atoms with Gasteiger partial charge >= 0.3 is 0 Å². The number of rotatable bonds is 6. The normalized spacial score (nSPS) is 13.1. The van der Waals surface area contributed by atoms with Gasteiger partial charge < -0.3 is 10.1 Å². The molecule has 1 unspecified atom stereocenters. The summed E-state index contributed by atoms with van der Waals surface area (Å²) in [5, 5.41) is 9.61. The molecule has 2 N–H and O–H groups in total. The Morgan fingerprint density at radius 2 is 2.31 bits per heavy atom. The van der Waals surface area contributed by atoms with Crippen molar-refractivity contribution in [2.45, 2.75) is 45.1 Å². The first kappa shape index (κ1) is 10.3. The van der Waals surface area contributed by atoms with E-state index in [0.717, 1.165) is 12.8 Å². The molecule has 13 heavy (non-hydrogen) atoms. The number of imidazole rings is 1. The zero-order valence-electron chi connectivity index (χ0n) is 8.16. The fraction of sp³-hybridized carbons (Fsp3) is 0.700. The van der Waals surface area contributed by atoms with E-state index in [9.17, 15) is 5.11 Å². The van der Waals surface area contributed by atoms with Crippen LogP contribution in [0.5, 0.6) is 0 Å². The lowest BCUT2D eigenvalue weighted by Crippen LogP contribution is -1.99. The van der Waals surface area contributed by atoms with Gasteiger partial charge in [0.1, 0.15) is 11.9 Å². The summed E-state index contributed by atoms with van der Waals surface area (Å²) in [4.78, 5) is 6.93. The maximum Gasteiger partial charge on any atom is 0.134 e. The van der Waals surface area contributed by atoms with E-state index >= 15 is 0 Å². The van der Waals surface area contributed by atoms with Crippen LogP contribution in [-0.2, 0) is 0 Å². The first-order chi connectivity index (χ1) is 6.34. The highest BCUT2D eigenvalue weighted by atomic mass is 16.3. The van der Waals surface area contributed by atoms with Crippen LogP contribution in [0.25, 0.3) is 0 Å². The number of H-pyrrole nitrogens is 1. The fourth-order valence-electron chi connectivity index (χ4n) is 1.36. The molecule has 1 heterocycles. The van der Waals surface area contributed by atoms with Crippen LogP contribution >= 0.6 is 0 Å². The quantitative estimate of drug-likeness (QED) is 0.664. The standard InChI is InChI=1S/C10H18N2O/c1-2-3-4-5-6-9(13)10-11-7-8-12-10/h7-9,13H,2-6H2,1H3,(H,11,12). The number of nitrogens with zero attached hydrogens (tertiary/aromatic N) is 1. The molecule has 0 saturated carbocycles. The van der Waals surface area contributed by atoms with Gasteiger partial charge in [-0.2, -0.15) is 0 Å². The summed E-state index contributed by atoms with van der Waals surface area (Å²) in [6.45, 7) is 2.18. The van der Waals surface area contributed by atoms with E-state index in [-0.39, 0.29) is 0 Å². The largest absolute Gasteiger partial charge is 0.385 e. The summed E-state index contributed by atoms with van der Waals surface area (Å²) < 4.78 is 0. The molecule has 1 aromatic heterocycles. The molecular weight excluding hydrogens is 164 g/mol. The molecule has 1 aromatic rings. The van der Waals surface area contributed by atoms with Gasteiger partial charge in [0.15, 0.2) is 0 Å². The van der Waals surface area contributed by atoms with Crippen molar-refractivity contribution in [1.29, 1.82) is 0 Å². The van der Waals surface area contributed by atoms with Crippen LogP contribution in [0.3, 0.4) is 0 Å².